The first kappa shape index (κ1) is 13.3. The first-order valence-corrected chi connectivity index (χ1v) is 7.51. The van der Waals surface area contributed by atoms with E-state index < -0.39 is 0 Å². The van der Waals surface area contributed by atoms with Crippen LogP contribution in [0.15, 0.2) is 56.8 Å². The van der Waals surface area contributed by atoms with Crippen molar-refractivity contribution in [3.05, 3.63) is 59.5 Å². The fourth-order valence-electron chi connectivity index (χ4n) is 3.54. The number of likely N-dealkylation sites (N-methyl/N-ethyl adjacent to an activating group) is 1. The molecule has 2 aromatic heterocycles. The van der Waals surface area contributed by atoms with Crippen LogP contribution in [-0.2, 0) is 4.79 Å². The molecule has 0 N–H and O–H groups in total. The monoisotopic (exact) mass is 295 g/mol. The Labute approximate surface area is 128 Å². The van der Waals surface area contributed by atoms with E-state index in [2.05, 4.69) is 11.9 Å². The van der Waals surface area contributed by atoms with Crippen molar-refractivity contribution < 1.29 is 13.6 Å². The van der Waals surface area contributed by atoms with Crippen LogP contribution < -0.4 is 0 Å². The summed E-state index contributed by atoms with van der Waals surface area (Å²) in [7, 11) is 2.08. The van der Waals surface area contributed by atoms with E-state index in [0.717, 1.165) is 35.5 Å². The van der Waals surface area contributed by atoms with E-state index in [0.29, 0.717) is 0 Å². The third kappa shape index (κ3) is 2.07. The fourth-order valence-corrected chi connectivity index (χ4v) is 3.54. The minimum absolute atomic E-state index is 0.110. The van der Waals surface area contributed by atoms with Crippen molar-refractivity contribution in [2.45, 2.75) is 24.9 Å². The normalized spacial score (nSPS) is 28.9. The molecule has 2 saturated heterocycles. The zero-order valence-electron chi connectivity index (χ0n) is 12.4. The van der Waals surface area contributed by atoms with Crippen molar-refractivity contribution in [2.75, 3.05) is 7.05 Å². The van der Waals surface area contributed by atoms with Gasteiger partial charge in [-0.25, -0.2) is 0 Å². The van der Waals surface area contributed by atoms with E-state index in [1.807, 2.05) is 36.4 Å². The molecule has 2 atom stereocenters. The topological polar surface area (TPSA) is 46.6 Å². The Kier molecular flexibility index (Phi) is 3.12. The number of nitrogens with zero attached hydrogens (tertiary/aromatic N) is 1. The van der Waals surface area contributed by atoms with Gasteiger partial charge in [-0.1, -0.05) is 0 Å². The molecule has 0 aromatic carbocycles. The lowest BCUT2D eigenvalue weighted by molar-refractivity contribution is -0.114. The minimum atomic E-state index is 0.110. The summed E-state index contributed by atoms with van der Waals surface area (Å²) in [4.78, 5) is 15.2. The maximum atomic E-state index is 12.9. The Morgan fingerprint density at radius 1 is 1.00 bits per heavy atom. The molecule has 4 heteroatoms. The lowest BCUT2D eigenvalue weighted by Gasteiger charge is -2.34. The van der Waals surface area contributed by atoms with Crippen LogP contribution in [0.4, 0.5) is 0 Å². The highest BCUT2D eigenvalue weighted by molar-refractivity contribution is 6.15. The molecular formula is C18H17NO3. The Morgan fingerprint density at radius 2 is 1.50 bits per heavy atom. The van der Waals surface area contributed by atoms with E-state index in [4.69, 9.17) is 8.83 Å². The van der Waals surface area contributed by atoms with Gasteiger partial charge in [0.15, 0.2) is 5.78 Å². The zero-order valence-corrected chi connectivity index (χ0v) is 12.4. The summed E-state index contributed by atoms with van der Waals surface area (Å²) in [6, 6.07) is 7.77. The molecule has 2 aliphatic heterocycles. The summed E-state index contributed by atoms with van der Waals surface area (Å²) in [5.41, 5.74) is 1.62. The molecule has 4 rings (SSSR count). The van der Waals surface area contributed by atoms with Crippen molar-refractivity contribution in [3.8, 4) is 0 Å². The second-order valence-corrected chi connectivity index (χ2v) is 5.83. The molecule has 4 nitrogen and oxygen atoms in total. The number of carbonyl (C=O) groups is 1. The lowest BCUT2D eigenvalue weighted by atomic mass is 9.90. The van der Waals surface area contributed by atoms with Crippen LogP contribution in [0, 0.1) is 0 Å². The van der Waals surface area contributed by atoms with E-state index in [9.17, 15) is 4.79 Å². The van der Waals surface area contributed by atoms with E-state index >= 15 is 0 Å². The minimum Gasteiger partial charge on any atom is -0.465 e. The van der Waals surface area contributed by atoms with Gasteiger partial charge in [0.05, 0.1) is 12.5 Å². The molecule has 0 radical (unpaired) electrons. The van der Waals surface area contributed by atoms with E-state index in [1.54, 1.807) is 12.5 Å². The zero-order chi connectivity index (χ0) is 15.1. The van der Waals surface area contributed by atoms with Gasteiger partial charge < -0.3 is 8.83 Å². The van der Waals surface area contributed by atoms with Gasteiger partial charge in [0.25, 0.3) is 0 Å². The molecule has 112 valence electrons. The maximum Gasteiger partial charge on any atom is 0.188 e. The number of Topliss-reactive ketones (excluding diaryl/α,β-unsaturated/α-hetero) is 1. The van der Waals surface area contributed by atoms with Crippen molar-refractivity contribution >= 4 is 17.9 Å². The summed E-state index contributed by atoms with van der Waals surface area (Å²) in [6.45, 7) is 0. The van der Waals surface area contributed by atoms with Crippen LogP contribution in [0.2, 0.25) is 0 Å². The third-order valence-electron chi connectivity index (χ3n) is 4.62. The Hall–Kier alpha value is -2.33. The van der Waals surface area contributed by atoms with Gasteiger partial charge in [-0.05, 0) is 56.3 Å². The molecule has 2 bridgehead atoms. The Bertz CT molecular complexity index is 675. The Morgan fingerprint density at radius 3 is 1.91 bits per heavy atom. The second-order valence-electron chi connectivity index (χ2n) is 5.83. The molecule has 2 aliphatic rings. The summed E-state index contributed by atoms with van der Waals surface area (Å²) in [5, 5.41) is 0. The molecule has 0 spiro atoms. The SMILES string of the molecule is CN1[C@@H]2CC[C@H]1/C(=C\c1ccco1)C(=O)/C2=C/c1ccco1. The highest BCUT2D eigenvalue weighted by Crippen LogP contribution is 2.40. The van der Waals surface area contributed by atoms with E-state index in [1.165, 1.54) is 0 Å². The molecule has 2 fully saturated rings. The number of ketones is 1. The molecule has 0 amide bonds. The van der Waals surface area contributed by atoms with Crippen LogP contribution in [-0.4, -0.2) is 29.8 Å². The van der Waals surface area contributed by atoms with Gasteiger partial charge in [0, 0.05) is 23.2 Å². The number of hydrogen-bond acceptors (Lipinski definition) is 4. The highest BCUT2D eigenvalue weighted by Gasteiger charge is 2.44. The number of carbonyl (C=O) groups excluding carboxylic acids is 1. The van der Waals surface area contributed by atoms with Gasteiger partial charge in [-0.2, -0.15) is 0 Å². The first-order valence-electron chi connectivity index (χ1n) is 7.51. The lowest BCUT2D eigenvalue weighted by Crippen LogP contribution is -2.43. The van der Waals surface area contributed by atoms with Gasteiger partial charge >= 0.3 is 0 Å². The predicted molar refractivity (Wildman–Crippen MR) is 83.0 cm³/mol. The summed E-state index contributed by atoms with van der Waals surface area (Å²) in [6.07, 6.45) is 8.99. The molecule has 2 aromatic rings. The third-order valence-corrected chi connectivity index (χ3v) is 4.62. The average molecular weight is 295 g/mol. The van der Waals surface area contributed by atoms with Crippen LogP contribution in [0.5, 0.6) is 0 Å². The maximum absolute atomic E-state index is 12.9. The molecule has 4 heterocycles. The van der Waals surface area contributed by atoms with Crippen molar-refractivity contribution in [3.63, 3.8) is 0 Å². The largest absolute Gasteiger partial charge is 0.465 e. The molecule has 22 heavy (non-hydrogen) atoms. The van der Waals surface area contributed by atoms with Crippen LogP contribution in [0.25, 0.3) is 12.2 Å². The molecule has 0 unspecified atom stereocenters. The van der Waals surface area contributed by atoms with Gasteiger partial charge in [-0.15, -0.1) is 0 Å². The van der Waals surface area contributed by atoms with Gasteiger partial charge in [0.1, 0.15) is 11.5 Å². The van der Waals surface area contributed by atoms with Crippen molar-refractivity contribution in [1.29, 1.82) is 0 Å². The average Bonchev–Trinajstić information content (AvgIpc) is 3.22. The number of rotatable bonds is 2. The summed E-state index contributed by atoms with van der Waals surface area (Å²) >= 11 is 0. The quantitative estimate of drug-likeness (QED) is 0.797. The first-order chi connectivity index (χ1) is 10.7. The fraction of sp³-hybridized carbons (Fsp3) is 0.278. The van der Waals surface area contributed by atoms with Crippen LogP contribution in [0.1, 0.15) is 24.4 Å². The smallest absolute Gasteiger partial charge is 0.188 e. The van der Waals surface area contributed by atoms with Crippen LogP contribution >= 0.6 is 0 Å². The molecular weight excluding hydrogens is 278 g/mol. The van der Waals surface area contributed by atoms with Crippen molar-refractivity contribution in [1.82, 2.24) is 4.90 Å². The summed E-state index contributed by atoms with van der Waals surface area (Å²) < 4.78 is 10.8. The van der Waals surface area contributed by atoms with Gasteiger partial charge in [0.2, 0.25) is 0 Å². The number of hydrogen-bond donors (Lipinski definition) is 0. The van der Waals surface area contributed by atoms with Crippen LogP contribution in [0.3, 0.4) is 0 Å². The van der Waals surface area contributed by atoms with E-state index in [-0.39, 0.29) is 17.9 Å². The summed E-state index contributed by atoms with van der Waals surface area (Å²) in [5.74, 6) is 1.55. The number of furan rings is 2. The number of piperidine rings is 1. The molecule has 0 aliphatic carbocycles. The second kappa shape index (κ2) is 5.14. The standard InChI is InChI=1S/C18H17NO3/c1-19-16-6-7-17(19)15(11-13-5-3-9-22-13)18(20)14(16)10-12-4-2-8-21-12/h2-5,8-11,16-17H,6-7H2,1H3/b14-10+,15-11+/t16-,17+. The molecule has 0 saturated carbocycles. The predicted octanol–water partition coefficient (Wildman–Crippen LogP) is 3.39. The Balaban J connectivity index is 1.79. The number of fused-ring (bicyclic) bond motifs is 2. The van der Waals surface area contributed by atoms with Crippen molar-refractivity contribution in [2.24, 2.45) is 0 Å². The highest BCUT2D eigenvalue weighted by atomic mass is 16.3. The van der Waals surface area contributed by atoms with Gasteiger partial charge in [-0.3, -0.25) is 9.69 Å².